The van der Waals surface area contributed by atoms with E-state index in [1.807, 2.05) is 42.5 Å². The van der Waals surface area contributed by atoms with Gasteiger partial charge in [0.05, 0.1) is 37.9 Å². The SMILES string of the molecule is COc1ccc(CNC(=O)C[C@H]2c3ncccc3C(=O)N2c2ccccc2)c(OC)c1. The topological polar surface area (TPSA) is 80.8 Å². The number of carbonyl (C=O) groups excluding carboxylic acids is 2. The number of benzene rings is 2. The van der Waals surface area contributed by atoms with Crippen LogP contribution in [0.3, 0.4) is 0 Å². The van der Waals surface area contributed by atoms with Crippen molar-refractivity contribution in [1.29, 1.82) is 0 Å². The van der Waals surface area contributed by atoms with Gasteiger partial charge in [-0.05, 0) is 36.4 Å². The molecule has 1 aliphatic rings. The minimum atomic E-state index is -0.469. The summed E-state index contributed by atoms with van der Waals surface area (Å²) in [5.41, 5.74) is 2.72. The Hall–Kier alpha value is -3.87. The normalized spacial score (nSPS) is 14.8. The maximum Gasteiger partial charge on any atom is 0.260 e. The number of nitrogens with one attached hydrogen (secondary N) is 1. The first-order valence-electron chi connectivity index (χ1n) is 9.93. The van der Waals surface area contributed by atoms with Gasteiger partial charge in [0, 0.05) is 30.1 Å². The molecule has 7 nitrogen and oxygen atoms in total. The molecule has 3 aromatic rings. The monoisotopic (exact) mass is 417 g/mol. The fourth-order valence-electron chi connectivity index (χ4n) is 3.77. The molecule has 4 rings (SSSR count). The molecule has 2 heterocycles. The maximum absolute atomic E-state index is 13.0. The van der Waals surface area contributed by atoms with E-state index in [1.165, 1.54) is 0 Å². The fourth-order valence-corrected chi connectivity index (χ4v) is 3.77. The van der Waals surface area contributed by atoms with Crippen molar-refractivity contribution in [2.45, 2.75) is 19.0 Å². The van der Waals surface area contributed by atoms with Crippen LogP contribution in [0.5, 0.6) is 11.5 Å². The zero-order valence-corrected chi connectivity index (χ0v) is 17.4. The third kappa shape index (κ3) is 4.07. The van der Waals surface area contributed by atoms with Crippen LogP contribution in [-0.4, -0.2) is 31.0 Å². The quantitative estimate of drug-likeness (QED) is 0.636. The number of nitrogens with zero attached hydrogens (tertiary/aromatic N) is 2. The largest absolute Gasteiger partial charge is 0.497 e. The lowest BCUT2D eigenvalue weighted by Gasteiger charge is -2.24. The maximum atomic E-state index is 13.0. The number of hydrogen-bond donors (Lipinski definition) is 1. The van der Waals surface area contributed by atoms with Crippen LogP contribution in [0.25, 0.3) is 0 Å². The Bertz CT molecular complexity index is 1100. The van der Waals surface area contributed by atoms with E-state index in [4.69, 9.17) is 9.47 Å². The summed E-state index contributed by atoms with van der Waals surface area (Å²) in [5.74, 6) is 0.977. The second-order valence-corrected chi connectivity index (χ2v) is 7.12. The molecule has 7 heteroatoms. The van der Waals surface area contributed by atoms with Crippen LogP contribution >= 0.6 is 0 Å². The van der Waals surface area contributed by atoms with Gasteiger partial charge in [0.1, 0.15) is 11.5 Å². The lowest BCUT2D eigenvalue weighted by atomic mass is 10.1. The van der Waals surface area contributed by atoms with Crippen molar-refractivity contribution < 1.29 is 19.1 Å². The Morgan fingerprint density at radius 1 is 1.06 bits per heavy atom. The van der Waals surface area contributed by atoms with E-state index in [0.717, 1.165) is 11.3 Å². The highest BCUT2D eigenvalue weighted by Crippen LogP contribution is 2.38. The predicted octanol–water partition coefficient (Wildman–Crippen LogP) is 3.51. The molecule has 0 spiro atoms. The summed E-state index contributed by atoms with van der Waals surface area (Å²) in [6.45, 7) is 0.299. The fraction of sp³-hybridized carbons (Fsp3) is 0.208. The van der Waals surface area contributed by atoms with Gasteiger partial charge >= 0.3 is 0 Å². The molecule has 1 atom stereocenters. The molecule has 0 unspecified atom stereocenters. The van der Waals surface area contributed by atoms with Crippen molar-refractivity contribution in [2.24, 2.45) is 0 Å². The molecule has 0 aliphatic carbocycles. The average molecular weight is 417 g/mol. The van der Waals surface area contributed by atoms with Crippen LogP contribution in [0, 0.1) is 0 Å². The minimum Gasteiger partial charge on any atom is -0.497 e. The van der Waals surface area contributed by atoms with Gasteiger partial charge in [-0.15, -0.1) is 0 Å². The number of anilines is 1. The van der Waals surface area contributed by atoms with E-state index < -0.39 is 6.04 Å². The molecule has 1 aromatic heterocycles. The second-order valence-electron chi connectivity index (χ2n) is 7.12. The summed E-state index contributed by atoms with van der Waals surface area (Å²) in [6, 6.07) is 17.8. The number of hydrogen-bond acceptors (Lipinski definition) is 5. The molecule has 2 aromatic carbocycles. The summed E-state index contributed by atoms with van der Waals surface area (Å²) >= 11 is 0. The highest BCUT2D eigenvalue weighted by molar-refractivity contribution is 6.11. The molecule has 1 N–H and O–H groups in total. The standard InChI is InChI=1S/C24H23N3O4/c1-30-18-11-10-16(21(13-18)31-2)15-26-22(28)14-20-23-19(9-6-12-25-23)24(29)27(20)17-7-4-3-5-8-17/h3-13,20H,14-15H2,1-2H3,(H,26,28)/t20-/m0/s1. The Labute approximate surface area is 180 Å². The summed E-state index contributed by atoms with van der Waals surface area (Å²) in [4.78, 5) is 31.9. The van der Waals surface area contributed by atoms with Gasteiger partial charge in [-0.1, -0.05) is 18.2 Å². The summed E-state index contributed by atoms with van der Waals surface area (Å²) in [6.07, 6.45) is 1.75. The first kappa shape index (κ1) is 20.4. The van der Waals surface area contributed by atoms with Crippen molar-refractivity contribution in [3.8, 4) is 11.5 Å². The molecule has 0 bridgehead atoms. The lowest BCUT2D eigenvalue weighted by Crippen LogP contribution is -2.33. The zero-order chi connectivity index (χ0) is 21.8. The first-order valence-corrected chi connectivity index (χ1v) is 9.93. The molecule has 0 saturated carbocycles. The van der Waals surface area contributed by atoms with E-state index >= 15 is 0 Å². The summed E-state index contributed by atoms with van der Waals surface area (Å²) in [7, 11) is 3.16. The molecule has 158 valence electrons. The number of fused-ring (bicyclic) bond motifs is 1. The van der Waals surface area contributed by atoms with Crippen molar-refractivity contribution in [2.75, 3.05) is 19.1 Å². The van der Waals surface area contributed by atoms with Crippen molar-refractivity contribution in [1.82, 2.24) is 10.3 Å². The van der Waals surface area contributed by atoms with E-state index in [9.17, 15) is 9.59 Å². The van der Waals surface area contributed by atoms with Crippen LogP contribution < -0.4 is 19.7 Å². The minimum absolute atomic E-state index is 0.100. The van der Waals surface area contributed by atoms with E-state index in [1.54, 1.807) is 43.5 Å². The van der Waals surface area contributed by atoms with E-state index in [2.05, 4.69) is 10.3 Å². The summed E-state index contributed by atoms with van der Waals surface area (Å²) < 4.78 is 10.6. The predicted molar refractivity (Wildman–Crippen MR) is 116 cm³/mol. The Morgan fingerprint density at radius 2 is 1.87 bits per heavy atom. The Kier molecular flexibility index (Phi) is 5.84. The number of pyridine rings is 1. The van der Waals surface area contributed by atoms with Crippen LogP contribution in [0.4, 0.5) is 5.69 Å². The van der Waals surface area contributed by atoms with Crippen LogP contribution in [0.1, 0.15) is 34.1 Å². The van der Waals surface area contributed by atoms with Crippen molar-refractivity contribution in [3.05, 3.63) is 83.7 Å². The molecule has 31 heavy (non-hydrogen) atoms. The molecular formula is C24H23N3O4. The average Bonchev–Trinajstić information content (AvgIpc) is 3.09. The van der Waals surface area contributed by atoms with Crippen LogP contribution in [0.2, 0.25) is 0 Å². The van der Waals surface area contributed by atoms with E-state index in [0.29, 0.717) is 29.3 Å². The number of aromatic nitrogens is 1. The van der Waals surface area contributed by atoms with Gasteiger partial charge < -0.3 is 14.8 Å². The number of para-hydroxylation sites is 1. The van der Waals surface area contributed by atoms with Gasteiger partial charge in [0.25, 0.3) is 5.91 Å². The van der Waals surface area contributed by atoms with Gasteiger partial charge in [-0.2, -0.15) is 0 Å². The molecule has 0 radical (unpaired) electrons. The zero-order valence-electron chi connectivity index (χ0n) is 17.4. The highest BCUT2D eigenvalue weighted by atomic mass is 16.5. The van der Waals surface area contributed by atoms with Gasteiger partial charge in [0.15, 0.2) is 0 Å². The third-order valence-electron chi connectivity index (χ3n) is 5.30. The second kappa shape index (κ2) is 8.87. The van der Waals surface area contributed by atoms with Crippen LogP contribution in [0.15, 0.2) is 66.9 Å². The van der Waals surface area contributed by atoms with Crippen LogP contribution in [-0.2, 0) is 11.3 Å². The van der Waals surface area contributed by atoms with Gasteiger partial charge in [-0.3, -0.25) is 19.5 Å². The third-order valence-corrected chi connectivity index (χ3v) is 5.30. The Morgan fingerprint density at radius 3 is 2.61 bits per heavy atom. The highest BCUT2D eigenvalue weighted by Gasteiger charge is 2.39. The number of rotatable bonds is 7. The lowest BCUT2D eigenvalue weighted by molar-refractivity contribution is -0.121. The smallest absolute Gasteiger partial charge is 0.260 e. The molecule has 0 saturated heterocycles. The summed E-state index contributed by atoms with van der Waals surface area (Å²) in [5, 5.41) is 2.93. The molecule has 0 fully saturated rings. The number of methoxy groups -OCH3 is 2. The van der Waals surface area contributed by atoms with Crippen molar-refractivity contribution in [3.63, 3.8) is 0 Å². The number of carbonyl (C=O) groups is 2. The molecule has 2 amide bonds. The first-order chi connectivity index (χ1) is 15.1. The van der Waals surface area contributed by atoms with Gasteiger partial charge in [-0.25, -0.2) is 0 Å². The van der Waals surface area contributed by atoms with E-state index in [-0.39, 0.29) is 18.2 Å². The Balaban J connectivity index is 1.53. The van der Waals surface area contributed by atoms with Crippen molar-refractivity contribution >= 4 is 17.5 Å². The van der Waals surface area contributed by atoms with Gasteiger partial charge in [0.2, 0.25) is 5.91 Å². The molecule has 1 aliphatic heterocycles. The molecular weight excluding hydrogens is 394 g/mol. The number of ether oxygens (including phenoxy) is 2. The number of amides is 2.